The molecule has 0 aliphatic heterocycles. The number of nitrogens with zero attached hydrogens (tertiary/aromatic N) is 1. The fourth-order valence-corrected chi connectivity index (χ4v) is 3.35. The van der Waals surface area contributed by atoms with Gasteiger partial charge in [-0.15, -0.1) is 0 Å². The zero-order chi connectivity index (χ0) is 15.1. The van der Waals surface area contributed by atoms with Gasteiger partial charge in [-0.2, -0.15) is 0 Å². The van der Waals surface area contributed by atoms with Crippen LogP contribution in [0.2, 0.25) is 0 Å². The van der Waals surface area contributed by atoms with Gasteiger partial charge in [0.15, 0.2) is 5.78 Å². The average Bonchev–Trinajstić information content (AvgIpc) is 3.31. The van der Waals surface area contributed by atoms with E-state index < -0.39 is 0 Å². The fraction of sp³-hybridized carbons (Fsp3) is 0.350. The van der Waals surface area contributed by atoms with Crippen LogP contribution in [0.25, 0.3) is 0 Å². The molecule has 1 fully saturated rings. The smallest absolute Gasteiger partial charge is 0.165 e. The van der Waals surface area contributed by atoms with Crippen LogP contribution in [0.1, 0.15) is 40.7 Å². The fourth-order valence-electron chi connectivity index (χ4n) is 3.35. The zero-order valence-electron chi connectivity index (χ0n) is 13.0. The van der Waals surface area contributed by atoms with Crippen molar-refractivity contribution in [2.24, 2.45) is 5.92 Å². The molecule has 2 nitrogen and oxygen atoms in total. The Labute approximate surface area is 131 Å². The maximum Gasteiger partial charge on any atom is 0.165 e. The lowest BCUT2D eigenvalue weighted by atomic mass is 10.1. The summed E-state index contributed by atoms with van der Waals surface area (Å²) in [4.78, 5) is 14.3. The van der Waals surface area contributed by atoms with E-state index in [1.807, 2.05) is 12.1 Å². The monoisotopic (exact) mass is 291 g/mol. The number of carbonyl (C=O) groups excluding carboxylic acids is 1. The predicted molar refractivity (Wildman–Crippen MR) is 90.0 cm³/mol. The first kappa shape index (κ1) is 13.6. The van der Waals surface area contributed by atoms with Crippen molar-refractivity contribution in [3.63, 3.8) is 0 Å². The third kappa shape index (κ3) is 2.43. The molecule has 0 N–H and O–H groups in total. The Morgan fingerprint density at radius 1 is 0.955 bits per heavy atom. The van der Waals surface area contributed by atoms with Crippen LogP contribution < -0.4 is 4.90 Å². The van der Waals surface area contributed by atoms with E-state index in [9.17, 15) is 4.79 Å². The maximum absolute atomic E-state index is 12.1. The van der Waals surface area contributed by atoms with Crippen molar-refractivity contribution < 1.29 is 4.79 Å². The number of hydrogen-bond acceptors (Lipinski definition) is 2. The molecule has 2 aliphatic carbocycles. The van der Waals surface area contributed by atoms with Gasteiger partial charge in [-0.1, -0.05) is 6.07 Å². The number of fused-ring (bicyclic) bond motifs is 1. The molecule has 1 saturated carbocycles. The summed E-state index contributed by atoms with van der Waals surface area (Å²) < 4.78 is 0. The minimum absolute atomic E-state index is 0.292. The normalized spacial score (nSPS) is 16.4. The van der Waals surface area contributed by atoms with Gasteiger partial charge in [0.25, 0.3) is 0 Å². The van der Waals surface area contributed by atoms with Gasteiger partial charge in [-0.25, -0.2) is 0 Å². The van der Waals surface area contributed by atoms with Crippen LogP contribution in [-0.2, 0) is 12.8 Å². The highest BCUT2D eigenvalue weighted by Crippen LogP contribution is 2.34. The second-order valence-corrected chi connectivity index (χ2v) is 6.55. The summed E-state index contributed by atoms with van der Waals surface area (Å²) in [5.41, 5.74) is 6.20. The zero-order valence-corrected chi connectivity index (χ0v) is 13.0. The summed E-state index contributed by atoms with van der Waals surface area (Å²) in [7, 11) is 2.09. The highest BCUT2D eigenvalue weighted by atomic mass is 16.1. The van der Waals surface area contributed by atoms with E-state index in [0.29, 0.717) is 11.7 Å². The van der Waals surface area contributed by atoms with Crippen LogP contribution >= 0.6 is 0 Å². The van der Waals surface area contributed by atoms with Crippen molar-refractivity contribution in [3.8, 4) is 0 Å². The Bertz CT molecular complexity index is 713. The second-order valence-electron chi connectivity index (χ2n) is 6.55. The number of hydrogen-bond donors (Lipinski definition) is 0. The summed E-state index contributed by atoms with van der Waals surface area (Å²) in [6.45, 7) is 0. The van der Waals surface area contributed by atoms with Crippen molar-refractivity contribution in [1.82, 2.24) is 0 Å². The van der Waals surface area contributed by atoms with Crippen molar-refractivity contribution in [3.05, 3.63) is 59.2 Å². The predicted octanol–water partition coefficient (Wildman–Crippen LogP) is 4.54. The van der Waals surface area contributed by atoms with Crippen molar-refractivity contribution >= 4 is 17.2 Å². The molecule has 0 atom stereocenters. The molecule has 0 bridgehead atoms. The van der Waals surface area contributed by atoms with Crippen LogP contribution in [-0.4, -0.2) is 12.8 Å². The van der Waals surface area contributed by atoms with E-state index in [1.54, 1.807) is 0 Å². The van der Waals surface area contributed by atoms with E-state index in [-0.39, 0.29) is 0 Å². The molecule has 2 aromatic rings. The van der Waals surface area contributed by atoms with Gasteiger partial charge in [0.05, 0.1) is 0 Å². The number of anilines is 2. The standard InChI is InChI=1S/C20H21NO/c1-21(19-12-7-14-3-2-4-17(14)13-19)18-10-8-16(9-11-18)20(22)15-5-6-15/h7-13,15H,2-6H2,1H3. The number of rotatable bonds is 4. The molecular formula is C20H21NO. The molecule has 2 aliphatic rings. The lowest BCUT2D eigenvalue weighted by Crippen LogP contribution is -2.10. The van der Waals surface area contributed by atoms with Crippen LogP contribution in [0, 0.1) is 5.92 Å². The van der Waals surface area contributed by atoms with E-state index in [2.05, 4.69) is 42.3 Å². The quantitative estimate of drug-likeness (QED) is 0.771. The molecule has 0 spiro atoms. The molecule has 0 amide bonds. The molecule has 0 saturated heterocycles. The number of Topliss-reactive ketones (excluding diaryl/α,β-unsaturated/α-hetero) is 1. The maximum atomic E-state index is 12.1. The van der Waals surface area contributed by atoms with Gasteiger partial charge in [0.1, 0.15) is 0 Å². The molecule has 4 rings (SSSR count). The molecule has 2 aromatic carbocycles. The average molecular weight is 291 g/mol. The Kier molecular flexibility index (Phi) is 3.25. The number of ketones is 1. The Balaban J connectivity index is 1.57. The van der Waals surface area contributed by atoms with Gasteiger partial charge in [0.2, 0.25) is 0 Å². The van der Waals surface area contributed by atoms with Crippen LogP contribution in [0.4, 0.5) is 11.4 Å². The summed E-state index contributed by atoms with van der Waals surface area (Å²) in [5, 5.41) is 0. The van der Waals surface area contributed by atoms with Crippen molar-refractivity contribution in [2.75, 3.05) is 11.9 Å². The summed E-state index contributed by atoms with van der Waals surface area (Å²) in [6.07, 6.45) is 5.83. The minimum Gasteiger partial charge on any atom is -0.345 e. The van der Waals surface area contributed by atoms with Crippen molar-refractivity contribution in [2.45, 2.75) is 32.1 Å². The molecule has 0 aromatic heterocycles. The van der Waals surface area contributed by atoms with Gasteiger partial charge in [0, 0.05) is 29.9 Å². The van der Waals surface area contributed by atoms with Crippen molar-refractivity contribution in [1.29, 1.82) is 0 Å². The summed E-state index contributed by atoms with van der Waals surface area (Å²) in [6, 6.07) is 14.8. The number of benzene rings is 2. The molecule has 22 heavy (non-hydrogen) atoms. The van der Waals surface area contributed by atoms with Crippen LogP contribution in [0.3, 0.4) is 0 Å². The third-order valence-corrected chi connectivity index (χ3v) is 4.96. The molecule has 0 heterocycles. The molecule has 2 heteroatoms. The molecule has 0 radical (unpaired) electrons. The first-order valence-corrected chi connectivity index (χ1v) is 8.22. The Morgan fingerprint density at radius 2 is 1.64 bits per heavy atom. The summed E-state index contributed by atoms with van der Waals surface area (Å²) >= 11 is 0. The van der Waals surface area contributed by atoms with E-state index in [1.165, 1.54) is 36.1 Å². The van der Waals surface area contributed by atoms with Crippen LogP contribution in [0.15, 0.2) is 42.5 Å². The Hall–Kier alpha value is -2.09. The minimum atomic E-state index is 0.292. The number of carbonyl (C=O) groups is 1. The van der Waals surface area contributed by atoms with E-state index in [0.717, 1.165) is 24.1 Å². The van der Waals surface area contributed by atoms with Gasteiger partial charge >= 0.3 is 0 Å². The second kappa shape index (κ2) is 5.28. The van der Waals surface area contributed by atoms with Gasteiger partial charge in [-0.05, 0) is 79.6 Å². The topological polar surface area (TPSA) is 20.3 Å². The lowest BCUT2D eigenvalue weighted by Gasteiger charge is -2.20. The highest BCUT2D eigenvalue weighted by Gasteiger charge is 2.30. The van der Waals surface area contributed by atoms with Crippen LogP contribution in [0.5, 0.6) is 0 Å². The van der Waals surface area contributed by atoms with Gasteiger partial charge in [-0.3, -0.25) is 4.79 Å². The summed E-state index contributed by atoms with van der Waals surface area (Å²) in [5.74, 6) is 0.604. The molecular weight excluding hydrogens is 270 g/mol. The first-order valence-electron chi connectivity index (χ1n) is 8.22. The third-order valence-electron chi connectivity index (χ3n) is 4.96. The highest BCUT2D eigenvalue weighted by molar-refractivity contribution is 5.99. The van der Waals surface area contributed by atoms with Gasteiger partial charge < -0.3 is 4.90 Å². The first-order chi connectivity index (χ1) is 10.7. The molecule has 112 valence electrons. The molecule has 0 unspecified atom stereocenters. The SMILES string of the molecule is CN(c1ccc(C(=O)C2CC2)cc1)c1ccc2c(c1)CCC2. The number of aryl methyl sites for hydroxylation is 2. The Morgan fingerprint density at radius 3 is 2.36 bits per heavy atom. The lowest BCUT2D eigenvalue weighted by molar-refractivity contribution is 0.0967. The van der Waals surface area contributed by atoms with E-state index >= 15 is 0 Å². The largest absolute Gasteiger partial charge is 0.345 e. The van der Waals surface area contributed by atoms with E-state index in [4.69, 9.17) is 0 Å².